The molecule has 0 saturated carbocycles. The Balaban J connectivity index is 2.16. The van der Waals surface area contributed by atoms with Crippen molar-refractivity contribution >= 4 is 9.84 Å². The Morgan fingerprint density at radius 2 is 1.28 bits per heavy atom. The van der Waals surface area contributed by atoms with Gasteiger partial charge < -0.3 is 24.8 Å². The maximum absolute atomic E-state index is 12.6. The van der Waals surface area contributed by atoms with Crippen LogP contribution in [-0.2, 0) is 9.84 Å². The minimum atomic E-state index is -3.69. The second-order valence-electron chi connectivity index (χ2n) is 5.12. The van der Waals surface area contributed by atoms with E-state index in [-0.39, 0.29) is 36.2 Å². The third kappa shape index (κ3) is 4.93. The Hall–Kier alpha value is -2.13. The summed E-state index contributed by atoms with van der Waals surface area (Å²) in [6.45, 7) is -0.680. The fourth-order valence-electron chi connectivity index (χ4n) is 2.04. The van der Waals surface area contributed by atoms with E-state index in [0.717, 1.165) is 0 Å². The Kier molecular flexibility index (Phi) is 6.77. The van der Waals surface area contributed by atoms with E-state index in [0.29, 0.717) is 11.5 Å². The summed E-state index contributed by atoms with van der Waals surface area (Å²) < 4.78 is 35.7. The van der Waals surface area contributed by atoms with Crippen LogP contribution in [0, 0.1) is 0 Å². The van der Waals surface area contributed by atoms with Gasteiger partial charge in [0.05, 0.1) is 29.6 Å². The lowest BCUT2D eigenvalue weighted by molar-refractivity contribution is 0.0629. The quantitative estimate of drug-likeness (QED) is 0.595. The van der Waals surface area contributed by atoms with Crippen LogP contribution in [0.3, 0.4) is 0 Å². The number of hydrogen-bond acceptors (Lipinski definition) is 7. The third-order valence-electron chi connectivity index (χ3n) is 3.34. The van der Waals surface area contributed by atoms with Crippen molar-refractivity contribution in [3.63, 3.8) is 0 Å². The zero-order valence-electron chi connectivity index (χ0n) is 13.4. The Morgan fingerprint density at radius 3 is 1.72 bits per heavy atom. The smallest absolute Gasteiger partial charge is 0.206 e. The van der Waals surface area contributed by atoms with Crippen molar-refractivity contribution in [2.75, 3.05) is 26.4 Å². The van der Waals surface area contributed by atoms with Crippen LogP contribution in [-0.4, -0.2) is 56.3 Å². The molecule has 25 heavy (non-hydrogen) atoms. The second kappa shape index (κ2) is 8.82. The van der Waals surface area contributed by atoms with E-state index < -0.39 is 15.9 Å². The van der Waals surface area contributed by atoms with Crippen LogP contribution in [0.25, 0.3) is 0 Å². The first-order valence-corrected chi connectivity index (χ1v) is 9.07. The average molecular weight is 368 g/mol. The topological polar surface area (TPSA) is 113 Å². The van der Waals surface area contributed by atoms with Crippen molar-refractivity contribution in [3.8, 4) is 11.5 Å². The molecule has 0 unspecified atom stereocenters. The van der Waals surface area contributed by atoms with Gasteiger partial charge in [-0.25, -0.2) is 8.42 Å². The summed E-state index contributed by atoms with van der Waals surface area (Å²) in [5, 5.41) is 26.7. The zero-order chi connectivity index (χ0) is 18.3. The molecule has 0 saturated heterocycles. The molecular weight excluding hydrogens is 348 g/mol. The maximum Gasteiger partial charge on any atom is 0.206 e. The van der Waals surface area contributed by atoms with E-state index >= 15 is 0 Å². The molecule has 2 rings (SSSR count). The molecule has 0 aliphatic rings. The predicted molar refractivity (Wildman–Crippen MR) is 89.5 cm³/mol. The molecule has 0 heterocycles. The van der Waals surface area contributed by atoms with Gasteiger partial charge in [0.2, 0.25) is 9.84 Å². The van der Waals surface area contributed by atoms with Gasteiger partial charge in [0.15, 0.2) is 0 Å². The van der Waals surface area contributed by atoms with E-state index in [1.54, 1.807) is 0 Å². The Labute approximate surface area is 146 Å². The molecule has 0 aliphatic carbocycles. The van der Waals surface area contributed by atoms with Crippen LogP contribution in [0.5, 0.6) is 11.5 Å². The molecule has 0 spiro atoms. The number of sulfone groups is 1. The van der Waals surface area contributed by atoms with Crippen LogP contribution >= 0.6 is 0 Å². The van der Waals surface area contributed by atoms with Gasteiger partial charge in [-0.2, -0.15) is 0 Å². The fourth-order valence-corrected chi connectivity index (χ4v) is 3.30. The lowest BCUT2D eigenvalue weighted by Crippen LogP contribution is -2.25. The number of hydrogen-bond donors (Lipinski definition) is 3. The molecule has 8 heteroatoms. The van der Waals surface area contributed by atoms with Crippen molar-refractivity contribution in [2.24, 2.45) is 0 Å². The summed E-state index contributed by atoms with van der Waals surface area (Å²) >= 11 is 0. The second-order valence-corrected chi connectivity index (χ2v) is 7.07. The molecule has 3 N–H and O–H groups in total. The minimum Gasteiger partial charge on any atom is -0.491 e. The minimum absolute atomic E-state index is 0.0911. The molecule has 7 nitrogen and oxygen atoms in total. The van der Waals surface area contributed by atoms with Gasteiger partial charge in [-0.05, 0) is 48.5 Å². The average Bonchev–Trinajstić information content (AvgIpc) is 2.65. The van der Waals surface area contributed by atoms with E-state index in [9.17, 15) is 8.42 Å². The number of ether oxygens (including phenoxy) is 2. The van der Waals surface area contributed by atoms with Crippen LogP contribution in [0.15, 0.2) is 58.3 Å². The van der Waals surface area contributed by atoms with Gasteiger partial charge in [0, 0.05) is 0 Å². The zero-order valence-corrected chi connectivity index (χ0v) is 14.2. The van der Waals surface area contributed by atoms with Crippen molar-refractivity contribution < 1.29 is 33.2 Å². The molecule has 2 aromatic rings. The van der Waals surface area contributed by atoms with Gasteiger partial charge in [-0.1, -0.05) is 0 Å². The SMILES string of the molecule is O=S(=O)(c1ccc(OCCO)cc1)c1ccc(OC(CO)CO)cc1. The van der Waals surface area contributed by atoms with Crippen LogP contribution in [0.1, 0.15) is 0 Å². The molecular formula is C17H20O7S. The Morgan fingerprint density at radius 1 is 0.800 bits per heavy atom. The monoisotopic (exact) mass is 368 g/mol. The largest absolute Gasteiger partial charge is 0.491 e. The highest BCUT2D eigenvalue weighted by Gasteiger charge is 2.18. The summed E-state index contributed by atoms with van der Waals surface area (Å²) in [6, 6.07) is 11.6. The molecule has 0 atom stereocenters. The van der Waals surface area contributed by atoms with Crippen molar-refractivity contribution in [2.45, 2.75) is 15.9 Å². The van der Waals surface area contributed by atoms with Gasteiger partial charge in [0.1, 0.15) is 24.2 Å². The highest BCUT2D eigenvalue weighted by atomic mass is 32.2. The number of rotatable bonds is 9. The molecule has 0 amide bonds. The van der Waals surface area contributed by atoms with E-state index in [1.165, 1.54) is 48.5 Å². The van der Waals surface area contributed by atoms with Gasteiger partial charge in [-0.15, -0.1) is 0 Å². The van der Waals surface area contributed by atoms with E-state index in [4.69, 9.17) is 24.8 Å². The van der Waals surface area contributed by atoms with Crippen LogP contribution < -0.4 is 9.47 Å². The summed E-state index contributed by atoms with van der Waals surface area (Å²) in [5.74, 6) is 0.815. The number of aliphatic hydroxyl groups is 3. The summed E-state index contributed by atoms with van der Waals surface area (Å²) in [4.78, 5) is 0.203. The molecule has 2 aromatic carbocycles. The number of benzene rings is 2. The normalized spacial score (nSPS) is 11.5. The molecule has 0 bridgehead atoms. The Bertz CT molecular complexity index is 751. The lowest BCUT2D eigenvalue weighted by atomic mass is 10.3. The molecule has 0 radical (unpaired) electrons. The summed E-state index contributed by atoms with van der Waals surface area (Å²) in [6.07, 6.45) is -0.756. The first kappa shape index (κ1) is 19.2. The van der Waals surface area contributed by atoms with Crippen molar-refractivity contribution in [1.29, 1.82) is 0 Å². The lowest BCUT2D eigenvalue weighted by Gasteiger charge is -2.14. The van der Waals surface area contributed by atoms with Crippen LogP contribution in [0.2, 0.25) is 0 Å². The molecule has 0 aromatic heterocycles. The molecule has 0 aliphatic heterocycles. The first-order chi connectivity index (χ1) is 12.0. The fraction of sp³-hybridized carbons (Fsp3) is 0.294. The first-order valence-electron chi connectivity index (χ1n) is 7.58. The van der Waals surface area contributed by atoms with Gasteiger partial charge in [-0.3, -0.25) is 0 Å². The van der Waals surface area contributed by atoms with Gasteiger partial charge >= 0.3 is 0 Å². The summed E-state index contributed by atoms with van der Waals surface area (Å²) in [7, 11) is -3.69. The van der Waals surface area contributed by atoms with E-state index in [2.05, 4.69) is 0 Å². The third-order valence-corrected chi connectivity index (χ3v) is 5.12. The predicted octanol–water partition coefficient (Wildman–Crippen LogP) is 0.623. The van der Waals surface area contributed by atoms with Gasteiger partial charge in [0.25, 0.3) is 0 Å². The molecule has 136 valence electrons. The van der Waals surface area contributed by atoms with Crippen molar-refractivity contribution in [1.82, 2.24) is 0 Å². The maximum atomic E-state index is 12.6. The van der Waals surface area contributed by atoms with Crippen LogP contribution in [0.4, 0.5) is 0 Å². The number of aliphatic hydroxyl groups excluding tert-OH is 3. The standard InChI is InChI=1S/C17H20O7S/c18-9-10-23-13-1-5-16(6-2-13)25(21,22)17-7-3-14(4-8-17)24-15(11-19)12-20/h1-8,15,18-20H,9-12H2. The highest BCUT2D eigenvalue weighted by Crippen LogP contribution is 2.25. The highest BCUT2D eigenvalue weighted by molar-refractivity contribution is 7.91. The summed E-state index contributed by atoms with van der Waals surface area (Å²) in [5.41, 5.74) is 0. The van der Waals surface area contributed by atoms with Crippen molar-refractivity contribution in [3.05, 3.63) is 48.5 Å². The molecule has 0 fully saturated rings. The van der Waals surface area contributed by atoms with E-state index in [1.807, 2.05) is 0 Å².